The average Bonchev–Trinajstić information content (AvgIpc) is 2.39. The number of rotatable bonds is 4. The molecule has 2 atom stereocenters. The van der Waals surface area contributed by atoms with Crippen LogP contribution in [0, 0.1) is 17.6 Å². The highest BCUT2D eigenvalue weighted by molar-refractivity contribution is 5.47. The van der Waals surface area contributed by atoms with Gasteiger partial charge in [-0.25, -0.2) is 17.6 Å². The summed E-state index contributed by atoms with van der Waals surface area (Å²) in [6, 6.07) is 3.69. The summed E-state index contributed by atoms with van der Waals surface area (Å²) in [5.74, 6) is -1.48. The predicted octanol–water partition coefficient (Wildman–Crippen LogP) is 3.03. The summed E-state index contributed by atoms with van der Waals surface area (Å²) in [5.41, 5.74) is 0.583. The second-order valence-electron chi connectivity index (χ2n) is 5.34. The van der Waals surface area contributed by atoms with Crippen LogP contribution in [0.5, 0.6) is 0 Å². The Labute approximate surface area is 115 Å². The van der Waals surface area contributed by atoms with Crippen molar-refractivity contribution in [2.24, 2.45) is 5.92 Å². The van der Waals surface area contributed by atoms with Gasteiger partial charge in [-0.3, -0.25) is 0 Å². The van der Waals surface area contributed by atoms with Crippen molar-refractivity contribution in [1.82, 2.24) is 5.32 Å². The highest BCUT2D eigenvalue weighted by Crippen LogP contribution is 2.24. The van der Waals surface area contributed by atoms with E-state index in [0.29, 0.717) is 24.7 Å². The van der Waals surface area contributed by atoms with Crippen molar-refractivity contribution in [2.45, 2.75) is 25.8 Å². The molecule has 6 heteroatoms. The maximum Gasteiger partial charge on any atom is 0.250 e. The summed E-state index contributed by atoms with van der Waals surface area (Å²) >= 11 is 0. The number of nitrogens with one attached hydrogen (secondary N) is 1. The summed E-state index contributed by atoms with van der Waals surface area (Å²) in [4.78, 5) is 1.90. The molecule has 0 amide bonds. The van der Waals surface area contributed by atoms with Crippen LogP contribution in [0.25, 0.3) is 0 Å². The van der Waals surface area contributed by atoms with Gasteiger partial charge in [-0.2, -0.15) is 0 Å². The van der Waals surface area contributed by atoms with Gasteiger partial charge in [0.1, 0.15) is 0 Å². The van der Waals surface area contributed by atoms with Crippen LogP contribution in [0.15, 0.2) is 18.2 Å². The number of halogens is 4. The van der Waals surface area contributed by atoms with Gasteiger partial charge in [0.05, 0.1) is 6.54 Å². The van der Waals surface area contributed by atoms with Crippen molar-refractivity contribution in [3.8, 4) is 0 Å². The summed E-state index contributed by atoms with van der Waals surface area (Å²) in [7, 11) is 0. The second kappa shape index (κ2) is 6.43. The molecule has 0 radical (unpaired) electrons. The van der Waals surface area contributed by atoms with E-state index in [1.807, 2.05) is 11.8 Å². The van der Waals surface area contributed by atoms with E-state index in [9.17, 15) is 17.6 Å². The molecular formula is C14H18F4N2. The first-order valence-corrected chi connectivity index (χ1v) is 6.67. The number of benzene rings is 1. The predicted molar refractivity (Wildman–Crippen MR) is 70.1 cm³/mol. The molecular weight excluding hydrogens is 272 g/mol. The summed E-state index contributed by atoms with van der Waals surface area (Å²) in [6.45, 7) is 2.90. The Hall–Kier alpha value is -1.30. The Balaban J connectivity index is 2.05. The van der Waals surface area contributed by atoms with E-state index < -0.39 is 18.1 Å². The van der Waals surface area contributed by atoms with Gasteiger partial charge in [0.15, 0.2) is 11.6 Å². The van der Waals surface area contributed by atoms with Gasteiger partial charge in [0.2, 0.25) is 0 Å². The SMILES string of the molecule is CC1CC(NCC(F)F)CN(c2ccc(F)c(F)c2)C1. The lowest BCUT2D eigenvalue weighted by Gasteiger charge is -2.38. The van der Waals surface area contributed by atoms with Gasteiger partial charge >= 0.3 is 0 Å². The first kappa shape index (κ1) is 15.1. The number of hydrogen-bond acceptors (Lipinski definition) is 2. The van der Waals surface area contributed by atoms with E-state index in [-0.39, 0.29) is 12.6 Å². The fourth-order valence-corrected chi connectivity index (χ4v) is 2.65. The van der Waals surface area contributed by atoms with Crippen LogP contribution < -0.4 is 10.2 Å². The number of hydrogen-bond donors (Lipinski definition) is 1. The Kier molecular flexibility index (Phi) is 4.86. The Morgan fingerprint density at radius 3 is 2.65 bits per heavy atom. The van der Waals surface area contributed by atoms with Gasteiger partial charge in [-0.15, -0.1) is 0 Å². The van der Waals surface area contributed by atoms with E-state index in [4.69, 9.17) is 0 Å². The lowest BCUT2D eigenvalue weighted by Crippen LogP contribution is -2.49. The van der Waals surface area contributed by atoms with Gasteiger partial charge in [0, 0.05) is 30.9 Å². The van der Waals surface area contributed by atoms with E-state index in [2.05, 4.69) is 5.32 Å². The van der Waals surface area contributed by atoms with Crippen molar-refractivity contribution in [2.75, 3.05) is 24.5 Å². The van der Waals surface area contributed by atoms with E-state index >= 15 is 0 Å². The largest absolute Gasteiger partial charge is 0.370 e. The Bertz CT molecular complexity index is 453. The third kappa shape index (κ3) is 3.85. The lowest BCUT2D eigenvalue weighted by molar-refractivity contribution is 0.138. The molecule has 2 rings (SSSR count). The molecule has 1 heterocycles. The van der Waals surface area contributed by atoms with Crippen molar-refractivity contribution < 1.29 is 17.6 Å². The molecule has 0 bridgehead atoms. The van der Waals surface area contributed by atoms with Crippen LogP contribution in [-0.2, 0) is 0 Å². The van der Waals surface area contributed by atoms with E-state index in [0.717, 1.165) is 18.6 Å². The molecule has 0 spiro atoms. The first-order chi connectivity index (χ1) is 9.45. The van der Waals surface area contributed by atoms with Crippen LogP contribution >= 0.6 is 0 Å². The second-order valence-corrected chi connectivity index (χ2v) is 5.34. The molecule has 0 aromatic heterocycles. The normalized spacial score (nSPS) is 23.4. The summed E-state index contributed by atoms with van der Waals surface area (Å²) < 4.78 is 50.7. The molecule has 112 valence electrons. The number of anilines is 1. The standard InChI is InChI=1S/C14H18F4N2/c1-9-4-10(19-6-14(17)18)8-20(7-9)11-2-3-12(15)13(16)5-11/h2-3,5,9-10,14,19H,4,6-8H2,1H3. The number of nitrogens with zero attached hydrogens (tertiary/aromatic N) is 1. The molecule has 1 aliphatic heterocycles. The molecule has 1 aromatic carbocycles. The topological polar surface area (TPSA) is 15.3 Å². The summed E-state index contributed by atoms with van der Waals surface area (Å²) in [6.07, 6.45) is -1.59. The highest BCUT2D eigenvalue weighted by atomic mass is 19.3. The van der Waals surface area contributed by atoms with Crippen molar-refractivity contribution in [3.63, 3.8) is 0 Å². The van der Waals surface area contributed by atoms with Gasteiger partial charge in [-0.05, 0) is 24.5 Å². The van der Waals surface area contributed by atoms with Crippen molar-refractivity contribution in [3.05, 3.63) is 29.8 Å². The van der Waals surface area contributed by atoms with Gasteiger partial charge in [0.25, 0.3) is 6.43 Å². The molecule has 20 heavy (non-hydrogen) atoms. The molecule has 1 N–H and O–H groups in total. The molecule has 2 nitrogen and oxygen atoms in total. The minimum absolute atomic E-state index is 0.0686. The summed E-state index contributed by atoms with van der Waals surface area (Å²) in [5, 5.41) is 2.82. The minimum Gasteiger partial charge on any atom is -0.370 e. The Morgan fingerprint density at radius 2 is 2.00 bits per heavy atom. The molecule has 1 aliphatic rings. The highest BCUT2D eigenvalue weighted by Gasteiger charge is 2.25. The van der Waals surface area contributed by atoms with Crippen LogP contribution in [0.4, 0.5) is 23.2 Å². The Morgan fingerprint density at radius 1 is 1.25 bits per heavy atom. The first-order valence-electron chi connectivity index (χ1n) is 6.67. The van der Waals surface area contributed by atoms with Gasteiger partial charge < -0.3 is 10.2 Å². The van der Waals surface area contributed by atoms with Crippen molar-refractivity contribution >= 4 is 5.69 Å². The third-order valence-corrected chi connectivity index (χ3v) is 3.49. The molecule has 1 fully saturated rings. The van der Waals surface area contributed by atoms with Gasteiger partial charge in [-0.1, -0.05) is 6.92 Å². The smallest absolute Gasteiger partial charge is 0.250 e. The molecule has 2 unspecified atom stereocenters. The van der Waals surface area contributed by atoms with E-state index in [1.54, 1.807) is 0 Å². The zero-order valence-electron chi connectivity index (χ0n) is 11.3. The molecule has 0 saturated carbocycles. The fourth-order valence-electron chi connectivity index (χ4n) is 2.65. The number of piperidine rings is 1. The quantitative estimate of drug-likeness (QED) is 0.858. The van der Waals surface area contributed by atoms with Crippen molar-refractivity contribution in [1.29, 1.82) is 0 Å². The van der Waals surface area contributed by atoms with Crippen LogP contribution in [-0.4, -0.2) is 32.1 Å². The molecule has 0 aliphatic carbocycles. The average molecular weight is 290 g/mol. The maximum atomic E-state index is 13.3. The monoisotopic (exact) mass is 290 g/mol. The van der Waals surface area contributed by atoms with Crippen LogP contribution in [0.2, 0.25) is 0 Å². The van der Waals surface area contributed by atoms with E-state index in [1.165, 1.54) is 6.07 Å². The minimum atomic E-state index is -2.39. The zero-order valence-corrected chi connectivity index (χ0v) is 11.3. The molecule has 1 saturated heterocycles. The third-order valence-electron chi connectivity index (χ3n) is 3.49. The lowest BCUT2D eigenvalue weighted by atomic mass is 9.95. The number of alkyl halides is 2. The van der Waals surface area contributed by atoms with Crippen LogP contribution in [0.3, 0.4) is 0 Å². The molecule has 1 aromatic rings. The van der Waals surface area contributed by atoms with Crippen LogP contribution in [0.1, 0.15) is 13.3 Å². The fraction of sp³-hybridized carbons (Fsp3) is 0.571. The maximum absolute atomic E-state index is 13.3. The zero-order chi connectivity index (χ0) is 14.7.